The summed E-state index contributed by atoms with van der Waals surface area (Å²) in [6.07, 6.45) is 1.65. The molecular weight excluding hydrogens is 281 g/mol. The highest BCUT2D eigenvalue weighted by molar-refractivity contribution is 5.76. The third-order valence-corrected chi connectivity index (χ3v) is 3.82. The van der Waals surface area contributed by atoms with Gasteiger partial charge in [-0.1, -0.05) is 30.3 Å². The molecule has 1 aliphatic heterocycles. The molecular formula is C18H18FNO2. The van der Waals surface area contributed by atoms with Gasteiger partial charge >= 0.3 is 0 Å². The summed E-state index contributed by atoms with van der Waals surface area (Å²) in [4.78, 5) is 12.1. The molecule has 3 nitrogen and oxygen atoms in total. The van der Waals surface area contributed by atoms with Crippen LogP contribution in [0.2, 0.25) is 0 Å². The first-order valence-corrected chi connectivity index (χ1v) is 7.48. The topological polar surface area (TPSA) is 38.3 Å². The zero-order chi connectivity index (χ0) is 15.4. The van der Waals surface area contributed by atoms with E-state index in [0.717, 1.165) is 23.3 Å². The van der Waals surface area contributed by atoms with Gasteiger partial charge in [0, 0.05) is 18.4 Å². The fraction of sp³-hybridized carbons (Fsp3) is 0.278. The summed E-state index contributed by atoms with van der Waals surface area (Å²) in [5.41, 5.74) is 1.86. The first-order valence-electron chi connectivity index (χ1n) is 7.48. The highest BCUT2D eigenvalue weighted by Gasteiger charge is 2.22. The van der Waals surface area contributed by atoms with Gasteiger partial charge in [-0.3, -0.25) is 4.79 Å². The number of para-hydroxylation sites is 1. The molecule has 0 saturated carbocycles. The lowest BCUT2D eigenvalue weighted by atomic mass is 10.00. The molecule has 3 rings (SSSR count). The zero-order valence-corrected chi connectivity index (χ0v) is 12.2. The Balaban J connectivity index is 1.59. The van der Waals surface area contributed by atoms with Crippen LogP contribution < -0.4 is 10.1 Å². The number of carbonyl (C=O) groups excluding carboxylic acids is 1. The van der Waals surface area contributed by atoms with E-state index in [1.54, 1.807) is 6.07 Å². The molecule has 2 aromatic rings. The molecule has 0 aromatic heterocycles. The predicted molar refractivity (Wildman–Crippen MR) is 82.2 cm³/mol. The van der Waals surface area contributed by atoms with E-state index in [1.807, 2.05) is 30.3 Å². The van der Waals surface area contributed by atoms with Gasteiger partial charge < -0.3 is 10.1 Å². The monoisotopic (exact) mass is 299 g/mol. The molecule has 0 saturated heterocycles. The molecule has 0 aliphatic carbocycles. The smallest absolute Gasteiger partial charge is 0.220 e. The minimum Gasteiger partial charge on any atom is -0.493 e. The maximum atomic E-state index is 13.1. The number of hydrogen-bond acceptors (Lipinski definition) is 2. The molecule has 0 unspecified atom stereocenters. The van der Waals surface area contributed by atoms with E-state index in [1.165, 1.54) is 12.1 Å². The SMILES string of the molecule is O=C(CCc1cccc(F)c1)N[C@H]1CCOc2ccccc21. The van der Waals surface area contributed by atoms with Gasteiger partial charge in [0.2, 0.25) is 5.91 Å². The summed E-state index contributed by atoms with van der Waals surface area (Å²) in [5.74, 6) is 0.548. The largest absolute Gasteiger partial charge is 0.493 e. The number of aryl methyl sites for hydroxylation is 1. The fourth-order valence-corrected chi connectivity index (χ4v) is 2.71. The van der Waals surface area contributed by atoms with Crippen molar-refractivity contribution in [2.75, 3.05) is 6.61 Å². The van der Waals surface area contributed by atoms with Gasteiger partial charge in [0.25, 0.3) is 0 Å². The van der Waals surface area contributed by atoms with E-state index in [4.69, 9.17) is 4.74 Å². The highest BCUT2D eigenvalue weighted by atomic mass is 19.1. The number of hydrogen-bond donors (Lipinski definition) is 1. The molecule has 22 heavy (non-hydrogen) atoms. The average Bonchev–Trinajstić information content (AvgIpc) is 2.53. The number of amides is 1. The normalized spacial score (nSPS) is 16.5. The predicted octanol–water partition coefficient (Wildman–Crippen LogP) is 3.40. The van der Waals surface area contributed by atoms with Crippen molar-refractivity contribution in [2.45, 2.75) is 25.3 Å². The lowest BCUT2D eigenvalue weighted by Crippen LogP contribution is -2.32. The van der Waals surface area contributed by atoms with Gasteiger partial charge in [-0.2, -0.15) is 0 Å². The number of carbonyl (C=O) groups is 1. The van der Waals surface area contributed by atoms with Crippen molar-refractivity contribution in [2.24, 2.45) is 0 Å². The molecule has 1 heterocycles. The van der Waals surface area contributed by atoms with Crippen molar-refractivity contribution in [3.05, 3.63) is 65.5 Å². The van der Waals surface area contributed by atoms with Crippen LogP contribution in [0.1, 0.15) is 30.0 Å². The summed E-state index contributed by atoms with van der Waals surface area (Å²) < 4.78 is 18.7. The first-order chi connectivity index (χ1) is 10.7. The molecule has 1 aliphatic rings. The lowest BCUT2D eigenvalue weighted by molar-refractivity contribution is -0.122. The van der Waals surface area contributed by atoms with E-state index >= 15 is 0 Å². The van der Waals surface area contributed by atoms with Crippen LogP contribution in [-0.4, -0.2) is 12.5 Å². The Morgan fingerprint density at radius 1 is 1.23 bits per heavy atom. The van der Waals surface area contributed by atoms with Crippen molar-refractivity contribution >= 4 is 5.91 Å². The number of benzene rings is 2. The number of rotatable bonds is 4. The van der Waals surface area contributed by atoms with Crippen molar-refractivity contribution in [3.63, 3.8) is 0 Å². The summed E-state index contributed by atoms with van der Waals surface area (Å²) in [5, 5.41) is 3.05. The Kier molecular flexibility index (Phi) is 4.37. The van der Waals surface area contributed by atoms with Gasteiger partial charge in [-0.15, -0.1) is 0 Å². The third-order valence-electron chi connectivity index (χ3n) is 3.82. The third kappa shape index (κ3) is 3.45. The Morgan fingerprint density at radius 2 is 2.09 bits per heavy atom. The van der Waals surface area contributed by atoms with Crippen molar-refractivity contribution in [3.8, 4) is 5.75 Å². The molecule has 2 aromatic carbocycles. The minimum atomic E-state index is -0.267. The van der Waals surface area contributed by atoms with E-state index in [9.17, 15) is 9.18 Å². The van der Waals surface area contributed by atoms with Crippen LogP contribution in [-0.2, 0) is 11.2 Å². The molecule has 1 atom stereocenters. The molecule has 0 bridgehead atoms. The standard InChI is InChI=1S/C18H18FNO2/c19-14-5-3-4-13(12-14)8-9-18(21)20-16-10-11-22-17-7-2-1-6-15(16)17/h1-7,12,16H,8-11H2,(H,20,21)/t16-/m0/s1. The molecule has 0 radical (unpaired) electrons. The number of fused-ring (bicyclic) bond motifs is 1. The van der Waals surface area contributed by atoms with Gasteiger partial charge in [-0.05, 0) is 30.2 Å². The number of halogens is 1. The van der Waals surface area contributed by atoms with Crippen LogP contribution in [0, 0.1) is 5.82 Å². The van der Waals surface area contributed by atoms with Crippen molar-refractivity contribution in [1.82, 2.24) is 5.32 Å². The first kappa shape index (κ1) is 14.6. The molecule has 1 N–H and O–H groups in total. The van der Waals surface area contributed by atoms with E-state index in [-0.39, 0.29) is 17.8 Å². The average molecular weight is 299 g/mol. The van der Waals surface area contributed by atoms with E-state index in [2.05, 4.69) is 5.32 Å². The van der Waals surface area contributed by atoms with Crippen LogP contribution in [0.4, 0.5) is 4.39 Å². The molecule has 114 valence electrons. The minimum absolute atomic E-state index is 0.00930. The van der Waals surface area contributed by atoms with Crippen LogP contribution in [0.15, 0.2) is 48.5 Å². The highest BCUT2D eigenvalue weighted by Crippen LogP contribution is 2.31. The molecule has 0 fully saturated rings. The molecule has 0 spiro atoms. The molecule has 1 amide bonds. The van der Waals surface area contributed by atoms with Crippen LogP contribution in [0.25, 0.3) is 0 Å². The lowest BCUT2D eigenvalue weighted by Gasteiger charge is -2.26. The van der Waals surface area contributed by atoms with Gasteiger partial charge in [0.05, 0.1) is 12.6 Å². The van der Waals surface area contributed by atoms with E-state index in [0.29, 0.717) is 19.4 Å². The van der Waals surface area contributed by atoms with Crippen molar-refractivity contribution < 1.29 is 13.9 Å². The Hall–Kier alpha value is -2.36. The Labute approximate surface area is 129 Å². The Bertz CT molecular complexity index is 672. The Morgan fingerprint density at radius 3 is 2.95 bits per heavy atom. The second-order valence-corrected chi connectivity index (χ2v) is 5.42. The van der Waals surface area contributed by atoms with Gasteiger partial charge in [0.15, 0.2) is 0 Å². The summed E-state index contributed by atoms with van der Waals surface area (Å²) >= 11 is 0. The number of ether oxygens (including phenoxy) is 1. The van der Waals surface area contributed by atoms with E-state index < -0.39 is 0 Å². The quantitative estimate of drug-likeness (QED) is 0.939. The van der Waals surface area contributed by atoms with Crippen LogP contribution in [0.5, 0.6) is 5.75 Å². The second-order valence-electron chi connectivity index (χ2n) is 5.42. The zero-order valence-electron chi connectivity index (χ0n) is 12.2. The van der Waals surface area contributed by atoms with Crippen LogP contribution >= 0.6 is 0 Å². The molecule has 4 heteroatoms. The summed E-state index contributed by atoms with van der Waals surface area (Å²) in [6.45, 7) is 0.603. The van der Waals surface area contributed by atoms with Crippen molar-refractivity contribution in [1.29, 1.82) is 0 Å². The van der Waals surface area contributed by atoms with Crippen LogP contribution in [0.3, 0.4) is 0 Å². The fourth-order valence-electron chi connectivity index (χ4n) is 2.71. The summed E-state index contributed by atoms with van der Waals surface area (Å²) in [7, 11) is 0. The maximum Gasteiger partial charge on any atom is 0.220 e. The second kappa shape index (κ2) is 6.60. The summed E-state index contributed by atoms with van der Waals surface area (Å²) in [6, 6.07) is 14.1. The number of nitrogens with one attached hydrogen (secondary N) is 1. The maximum absolute atomic E-state index is 13.1. The van der Waals surface area contributed by atoms with Gasteiger partial charge in [-0.25, -0.2) is 4.39 Å². The van der Waals surface area contributed by atoms with Gasteiger partial charge in [0.1, 0.15) is 11.6 Å².